The van der Waals surface area contributed by atoms with E-state index in [1.165, 1.54) is 12.1 Å². The summed E-state index contributed by atoms with van der Waals surface area (Å²) in [5.74, 6) is -2.23. The van der Waals surface area contributed by atoms with Crippen molar-refractivity contribution in [3.63, 3.8) is 0 Å². The van der Waals surface area contributed by atoms with Gasteiger partial charge in [0.1, 0.15) is 21.9 Å². The summed E-state index contributed by atoms with van der Waals surface area (Å²) in [6.45, 7) is 0. The highest BCUT2D eigenvalue weighted by Crippen LogP contribution is 2.18. The number of halogens is 4. The molecule has 0 atom stereocenters. The van der Waals surface area contributed by atoms with E-state index in [0.717, 1.165) is 12.1 Å². The van der Waals surface area contributed by atoms with E-state index in [4.69, 9.17) is 23.2 Å². The van der Waals surface area contributed by atoms with E-state index >= 15 is 0 Å². The molecule has 0 unspecified atom stereocenters. The highest BCUT2D eigenvalue weighted by atomic mass is 35.5. The highest BCUT2D eigenvalue weighted by Gasteiger charge is 2.12. The Hall–Kier alpha value is -1.72. The molecule has 0 fully saturated rings. The van der Waals surface area contributed by atoms with Gasteiger partial charge in [0.15, 0.2) is 0 Å². The minimum atomic E-state index is -0.875. The molecule has 0 aliphatic rings. The normalized spacial score (nSPS) is 10.3. The van der Waals surface area contributed by atoms with Crippen molar-refractivity contribution < 1.29 is 13.6 Å². The second-order valence-corrected chi connectivity index (χ2v) is 4.35. The number of rotatable bonds is 2. The Morgan fingerprint density at radius 2 is 1.74 bits per heavy atom. The van der Waals surface area contributed by atoms with Gasteiger partial charge in [0, 0.05) is 11.6 Å². The first-order valence-electron chi connectivity index (χ1n) is 5.05. The number of anilines is 1. The minimum Gasteiger partial charge on any atom is -0.319 e. The average molecular weight is 303 g/mol. The lowest BCUT2D eigenvalue weighted by Gasteiger charge is -2.07. The summed E-state index contributed by atoms with van der Waals surface area (Å²) in [6.07, 6.45) is 0. The van der Waals surface area contributed by atoms with Gasteiger partial charge in [-0.3, -0.25) is 4.79 Å². The van der Waals surface area contributed by atoms with Gasteiger partial charge in [-0.25, -0.2) is 13.8 Å². The van der Waals surface area contributed by atoms with Crippen LogP contribution < -0.4 is 5.32 Å². The monoisotopic (exact) mass is 302 g/mol. The zero-order valence-electron chi connectivity index (χ0n) is 9.25. The molecular formula is C12H6Cl2F2N2O. The van der Waals surface area contributed by atoms with Gasteiger partial charge >= 0.3 is 0 Å². The van der Waals surface area contributed by atoms with E-state index in [1.54, 1.807) is 0 Å². The average Bonchev–Trinajstić information content (AvgIpc) is 2.31. The molecule has 1 amide bonds. The van der Waals surface area contributed by atoms with E-state index in [9.17, 15) is 13.6 Å². The number of carbonyl (C=O) groups is 1. The van der Waals surface area contributed by atoms with Gasteiger partial charge in [0.05, 0.1) is 5.69 Å². The third-order valence-corrected chi connectivity index (χ3v) is 2.59. The molecule has 1 aromatic heterocycles. The molecule has 1 N–H and O–H groups in total. The molecule has 19 heavy (non-hydrogen) atoms. The molecule has 0 aliphatic heterocycles. The number of hydrogen-bond donors (Lipinski definition) is 1. The van der Waals surface area contributed by atoms with Crippen LogP contribution in [-0.4, -0.2) is 10.9 Å². The molecule has 0 radical (unpaired) electrons. The smallest absolute Gasteiger partial charge is 0.255 e. The molecule has 1 aromatic carbocycles. The summed E-state index contributed by atoms with van der Waals surface area (Å²) >= 11 is 11.3. The molecule has 0 saturated heterocycles. The first kappa shape index (κ1) is 13.7. The predicted molar refractivity (Wildman–Crippen MR) is 68.6 cm³/mol. The number of hydrogen-bond acceptors (Lipinski definition) is 2. The largest absolute Gasteiger partial charge is 0.319 e. The van der Waals surface area contributed by atoms with Crippen LogP contribution in [0.3, 0.4) is 0 Å². The molecule has 0 aliphatic carbocycles. The Labute approximate surface area is 117 Å². The van der Waals surface area contributed by atoms with Crippen molar-refractivity contribution in [3.8, 4) is 0 Å². The van der Waals surface area contributed by atoms with E-state index in [0.29, 0.717) is 6.07 Å². The number of benzene rings is 1. The van der Waals surface area contributed by atoms with Crippen molar-refractivity contribution in [1.29, 1.82) is 0 Å². The van der Waals surface area contributed by atoms with Crippen LogP contribution in [-0.2, 0) is 0 Å². The molecule has 0 spiro atoms. The number of nitrogens with zero attached hydrogens (tertiary/aromatic N) is 1. The topological polar surface area (TPSA) is 42.0 Å². The summed E-state index contributed by atoms with van der Waals surface area (Å²) in [5.41, 5.74) is -0.0239. The molecule has 0 bridgehead atoms. The molecule has 0 saturated carbocycles. The quantitative estimate of drug-likeness (QED) is 0.854. The fourth-order valence-corrected chi connectivity index (χ4v) is 1.84. The fraction of sp³-hybridized carbons (Fsp3) is 0. The Kier molecular flexibility index (Phi) is 3.97. The molecule has 2 aromatic rings. The van der Waals surface area contributed by atoms with Crippen molar-refractivity contribution in [2.75, 3.05) is 5.32 Å². The number of pyridine rings is 1. The third kappa shape index (κ3) is 3.39. The van der Waals surface area contributed by atoms with Crippen molar-refractivity contribution in [3.05, 3.63) is 57.8 Å². The lowest BCUT2D eigenvalue weighted by atomic mass is 10.2. The number of amides is 1. The zero-order valence-corrected chi connectivity index (χ0v) is 10.8. The number of nitrogens with one attached hydrogen (secondary N) is 1. The van der Waals surface area contributed by atoms with Crippen LogP contribution in [0.1, 0.15) is 10.4 Å². The summed E-state index contributed by atoms with van der Waals surface area (Å²) in [5, 5.41) is 2.36. The highest BCUT2D eigenvalue weighted by molar-refractivity contribution is 6.33. The van der Waals surface area contributed by atoms with Gasteiger partial charge in [-0.05, 0) is 24.3 Å². The summed E-state index contributed by atoms with van der Waals surface area (Å²) < 4.78 is 26.1. The number of carbonyl (C=O) groups excluding carboxylic acids is 1. The molecule has 98 valence electrons. The van der Waals surface area contributed by atoms with Crippen LogP contribution in [0, 0.1) is 11.6 Å². The van der Waals surface area contributed by atoms with E-state index in [2.05, 4.69) is 10.3 Å². The van der Waals surface area contributed by atoms with Crippen LogP contribution in [0.5, 0.6) is 0 Å². The van der Waals surface area contributed by atoms with Gasteiger partial charge in [-0.1, -0.05) is 23.2 Å². The maximum atomic E-state index is 13.4. The van der Waals surface area contributed by atoms with Crippen LogP contribution in [0.15, 0.2) is 30.3 Å². The summed E-state index contributed by atoms with van der Waals surface area (Å²) in [7, 11) is 0. The molecule has 1 heterocycles. The van der Waals surface area contributed by atoms with Crippen molar-refractivity contribution in [2.45, 2.75) is 0 Å². The van der Waals surface area contributed by atoms with Crippen molar-refractivity contribution >= 4 is 34.8 Å². The second-order valence-electron chi connectivity index (χ2n) is 3.58. The standard InChI is InChI=1S/C12H6Cl2F2N2O/c13-10-3-6(4-11(14)18-10)12(19)17-9-2-1-7(15)5-8(9)16/h1-5H,(H,17,19). The first-order chi connectivity index (χ1) is 8.95. The van der Waals surface area contributed by atoms with Gasteiger partial charge in [0.2, 0.25) is 0 Å². The van der Waals surface area contributed by atoms with Gasteiger partial charge < -0.3 is 5.32 Å². The van der Waals surface area contributed by atoms with Crippen LogP contribution in [0.25, 0.3) is 0 Å². The summed E-state index contributed by atoms with van der Waals surface area (Å²) in [6, 6.07) is 5.38. The molecule has 2 rings (SSSR count). The number of aromatic nitrogens is 1. The minimum absolute atomic E-state index is 0.0391. The lowest BCUT2D eigenvalue weighted by molar-refractivity contribution is 0.102. The van der Waals surface area contributed by atoms with Crippen molar-refractivity contribution in [1.82, 2.24) is 4.98 Å². The Morgan fingerprint density at radius 1 is 1.11 bits per heavy atom. The molecular weight excluding hydrogens is 297 g/mol. The maximum absolute atomic E-state index is 13.4. The Balaban J connectivity index is 2.25. The van der Waals surface area contributed by atoms with E-state index < -0.39 is 17.5 Å². The predicted octanol–water partition coefficient (Wildman–Crippen LogP) is 3.92. The third-order valence-electron chi connectivity index (χ3n) is 2.20. The second kappa shape index (κ2) is 5.50. The fourth-order valence-electron chi connectivity index (χ4n) is 1.38. The van der Waals surface area contributed by atoms with Crippen LogP contribution >= 0.6 is 23.2 Å². The van der Waals surface area contributed by atoms with Crippen LogP contribution in [0.4, 0.5) is 14.5 Å². The van der Waals surface area contributed by atoms with Gasteiger partial charge in [-0.2, -0.15) is 0 Å². The molecule has 7 heteroatoms. The SMILES string of the molecule is O=C(Nc1ccc(F)cc1F)c1cc(Cl)nc(Cl)c1. The summed E-state index contributed by atoms with van der Waals surface area (Å²) in [4.78, 5) is 15.5. The zero-order chi connectivity index (χ0) is 14.0. The van der Waals surface area contributed by atoms with Crippen LogP contribution in [0.2, 0.25) is 10.3 Å². The van der Waals surface area contributed by atoms with E-state index in [1.807, 2.05) is 0 Å². The maximum Gasteiger partial charge on any atom is 0.255 e. The Bertz CT molecular complexity index is 629. The van der Waals surface area contributed by atoms with Gasteiger partial charge in [0.25, 0.3) is 5.91 Å². The molecule has 3 nitrogen and oxygen atoms in total. The lowest BCUT2D eigenvalue weighted by Crippen LogP contribution is -2.13. The Morgan fingerprint density at radius 3 is 2.32 bits per heavy atom. The van der Waals surface area contributed by atoms with Crippen molar-refractivity contribution in [2.24, 2.45) is 0 Å². The van der Waals surface area contributed by atoms with Gasteiger partial charge in [-0.15, -0.1) is 0 Å². The first-order valence-corrected chi connectivity index (χ1v) is 5.81. The van der Waals surface area contributed by atoms with E-state index in [-0.39, 0.29) is 21.6 Å².